The summed E-state index contributed by atoms with van der Waals surface area (Å²) in [5.41, 5.74) is 1.17. The van der Waals surface area contributed by atoms with E-state index in [9.17, 15) is 4.79 Å². The lowest BCUT2D eigenvalue weighted by atomic mass is 10.0. The van der Waals surface area contributed by atoms with Crippen LogP contribution in [0.2, 0.25) is 0 Å². The molecule has 1 aromatic carbocycles. The highest BCUT2D eigenvalue weighted by Crippen LogP contribution is 2.13. The average molecular weight is 403 g/mol. The van der Waals surface area contributed by atoms with Crippen LogP contribution in [0.15, 0.2) is 36.9 Å². The summed E-state index contributed by atoms with van der Waals surface area (Å²) >= 11 is 0. The Kier molecular flexibility index (Phi) is 21.5. The number of rotatable bonds is 17. The second kappa shape index (κ2) is 22.7. The van der Waals surface area contributed by atoms with Crippen molar-refractivity contribution < 1.29 is 9.53 Å². The highest BCUT2D eigenvalue weighted by Gasteiger charge is 1.99. The van der Waals surface area contributed by atoms with E-state index in [0.29, 0.717) is 6.42 Å². The Bertz CT molecular complexity index is 467. The highest BCUT2D eigenvalue weighted by atomic mass is 16.5. The van der Waals surface area contributed by atoms with E-state index < -0.39 is 0 Å². The van der Waals surface area contributed by atoms with Gasteiger partial charge in [-0.2, -0.15) is 0 Å². The molecule has 0 unspecified atom stereocenters. The molecular weight excluding hydrogens is 356 g/mol. The van der Waals surface area contributed by atoms with E-state index in [4.69, 9.17) is 0 Å². The van der Waals surface area contributed by atoms with Crippen LogP contribution in [0.25, 0.3) is 6.08 Å². The molecule has 0 saturated heterocycles. The van der Waals surface area contributed by atoms with E-state index in [1.165, 1.54) is 103 Å². The van der Waals surface area contributed by atoms with Gasteiger partial charge < -0.3 is 4.74 Å². The van der Waals surface area contributed by atoms with Crippen molar-refractivity contribution in [3.63, 3.8) is 0 Å². The molecule has 0 radical (unpaired) electrons. The zero-order valence-corrected chi connectivity index (χ0v) is 19.3. The third-order valence-electron chi connectivity index (χ3n) is 5.25. The first-order valence-electron chi connectivity index (χ1n) is 12.0. The molecule has 0 spiro atoms. The van der Waals surface area contributed by atoms with Gasteiger partial charge in [0.05, 0.1) is 7.11 Å². The lowest BCUT2D eigenvalue weighted by molar-refractivity contribution is -0.140. The molecule has 1 aromatic rings. The Labute approximate surface area is 181 Å². The molecule has 2 heteroatoms. The van der Waals surface area contributed by atoms with Crippen LogP contribution in [0.4, 0.5) is 0 Å². The molecule has 166 valence electrons. The fourth-order valence-electron chi connectivity index (χ4n) is 3.33. The standard InChI is InChI=1S/C19H38O2.C8H8/c1-3-4-5-6-7-8-9-10-11-12-13-14-15-16-17-18-19(20)21-2;1-2-8-6-4-3-5-7-8/h3-18H2,1-2H3;2-7H,1H2. The van der Waals surface area contributed by atoms with Crippen molar-refractivity contribution in [2.75, 3.05) is 7.11 Å². The van der Waals surface area contributed by atoms with Crippen molar-refractivity contribution >= 4 is 12.0 Å². The molecule has 0 aliphatic heterocycles. The number of ether oxygens (including phenoxy) is 1. The van der Waals surface area contributed by atoms with Crippen molar-refractivity contribution in [3.8, 4) is 0 Å². The van der Waals surface area contributed by atoms with Gasteiger partial charge in [0.15, 0.2) is 0 Å². The topological polar surface area (TPSA) is 26.3 Å². The van der Waals surface area contributed by atoms with E-state index in [-0.39, 0.29) is 5.97 Å². The number of hydrogen-bond donors (Lipinski definition) is 0. The number of methoxy groups -OCH3 is 1. The number of carbonyl (C=O) groups is 1. The van der Waals surface area contributed by atoms with Gasteiger partial charge in [0, 0.05) is 6.42 Å². The van der Waals surface area contributed by atoms with Crippen molar-refractivity contribution in [1.82, 2.24) is 0 Å². The van der Waals surface area contributed by atoms with Gasteiger partial charge in [0.2, 0.25) is 0 Å². The van der Waals surface area contributed by atoms with Crippen LogP contribution in [0.3, 0.4) is 0 Å². The molecule has 0 atom stereocenters. The second-order valence-electron chi connectivity index (χ2n) is 7.89. The second-order valence-corrected chi connectivity index (χ2v) is 7.89. The fourth-order valence-corrected chi connectivity index (χ4v) is 3.33. The van der Waals surface area contributed by atoms with Crippen LogP contribution in [0.1, 0.15) is 115 Å². The molecule has 0 aromatic heterocycles. The molecule has 29 heavy (non-hydrogen) atoms. The monoisotopic (exact) mass is 402 g/mol. The third kappa shape index (κ3) is 21.0. The van der Waals surface area contributed by atoms with Gasteiger partial charge in [0.1, 0.15) is 0 Å². The first-order chi connectivity index (χ1) is 14.2. The number of carbonyl (C=O) groups excluding carboxylic acids is 1. The maximum atomic E-state index is 10.9. The Morgan fingerprint density at radius 2 is 1.17 bits per heavy atom. The minimum Gasteiger partial charge on any atom is -0.469 e. The van der Waals surface area contributed by atoms with Gasteiger partial charge in [-0.05, 0) is 12.0 Å². The first-order valence-corrected chi connectivity index (χ1v) is 12.0. The number of unbranched alkanes of at least 4 members (excludes halogenated alkanes) is 14. The molecule has 0 aliphatic carbocycles. The quantitative estimate of drug-likeness (QED) is 0.192. The van der Waals surface area contributed by atoms with Gasteiger partial charge in [-0.15, -0.1) is 0 Å². The van der Waals surface area contributed by atoms with Crippen molar-refractivity contribution in [2.45, 2.75) is 110 Å². The van der Waals surface area contributed by atoms with Gasteiger partial charge in [-0.1, -0.05) is 140 Å². The van der Waals surface area contributed by atoms with E-state index in [2.05, 4.69) is 18.2 Å². The highest BCUT2D eigenvalue weighted by molar-refractivity contribution is 5.68. The summed E-state index contributed by atoms with van der Waals surface area (Å²) in [4.78, 5) is 10.9. The lowest BCUT2D eigenvalue weighted by Crippen LogP contribution is -1.99. The van der Waals surface area contributed by atoms with Crippen LogP contribution >= 0.6 is 0 Å². The zero-order valence-electron chi connectivity index (χ0n) is 19.3. The molecule has 0 heterocycles. The van der Waals surface area contributed by atoms with Crippen LogP contribution < -0.4 is 0 Å². The van der Waals surface area contributed by atoms with Crippen LogP contribution in [-0.2, 0) is 9.53 Å². The van der Waals surface area contributed by atoms with E-state index >= 15 is 0 Å². The van der Waals surface area contributed by atoms with Gasteiger partial charge in [-0.25, -0.2) is 0 Å². The fraction of sp³-hybridized carbons (Fsp3) is 0.667. The summed E-state index contributed by atoms with van der Waals surface area (Å²) in [5, 5.41) is 0. The smallest absolute Gasteiger partial charge is 0.305 e. The predicted octanol–water partition coefficient (Wildman–Crippen LogP) is 8.75. The van der Waals surface area contributed by atoms with Crippen molar-refractivity contribution in [1.29, 1.82) is 0 Å². The first kappa shape index (κ1) is 27.4. The minimum absolute atomic E-state index is 0.0651. The Morgan fingerprint density at radius 1 is 0.759 bits per heavy atom. The number of hydrogen-bond acceptors (Lipinski definition) is 2. The summed E-state index contributed by atoms with van der Waals surface area (Å²) in [6.45, 7) is 5.91. The number of esters is 1. The third-order valence-corrected chi connectivity index (χ3v) is 5.25. The van der Waals surface area contributed by atoms with E-state index in [1.54, 1.807) is 0 Å². The molecular formula is C27H46O2. The average Bonchev–Trinajstić information content (AvgIpc) is 2.77. The van der Waals surface area contributed by atoms with Gasteiger partial charge in [-0.3, -0.25) is 4.79 Å². The molecule has 1 rings (SSSR count). The minimum atomic E-state index is -0.0651. The van der Waals surface area contributed by atoms with Crippen LogP contribution in [0.5, 0.6) is 0 Å². The largest absolute Gasteiger partial charge is 0.469 e. The molecule has 2 nitrogen and oxygen atoms in total. The van der Waals surface area contributed by atoms with Gasteiger partial charge >= 0.3 is 5.97 Å². The van der Waals surface area contributed by atoms with E-state index in [1.807, 2.05) is 36.4 Å². The van der Waals surface area contributed by atoms with Crippen LogP contribution in [-0.4, -0.2) is 13.1 Å². The zero-order chi connectivity index (χ0) is 21.4. The summed E-state index contributed by atoms with van der Waals surface area (Å²) in [6, 6.07) is 10.0. The molecule has 0 amide bonds. The van der Waals surface area contributed by atoms with Gasteiger partial charge in [0.25, 0.3) is 0 Å². The number of benzene rings is 1. The molecule has 0 saturated carbocycles. The Balaban J connectivity index is 0.000000807. The summed E-state index contributed by atoms with van der Waals surface area (Å²) in [7, 11) is 1.47. The Hall–Kier alpha value is -1.57. The maximum absolute atomic E-state index is 10.9. The van der Waals surface area contributed by atoms with Crippen LogP contribution in [0, 0.1) is 0 Å². The summed E-state index contributed by atoms with van der Waals surface area (Å²) in [6.07, 6.45) is 22.8. The normalized spacial score (nSPS) is 10.1. The molecule has 0 bridgehead atoms. The lowest BCUT2D eigenvalue weighted by Gasteiger charge is -2.03. The summed E-state index contributed by atoms with van der Waals surface area (Å²) in [5.74, 6) is -0.0651. The SMILES string of the molecule is C=Cc1ccccc1.CCCCCCCCCCCCCCCCCC(=O)OC. The maximum Gasteiger partial charge on any atom is 0.305 e. The van der Waals surface area contributed by atoms with E-state index in [0.717, 1.165) is 6.42 Å². The Morgan fingerprint density at radius 3 is 1.52 bits per heavy atom. The molecule has 0 N–H and O–H groups in total. The summed E-state index contributed by atoms with van der Waals surface area (Å²) < 4.78 is 4.63. The molecule has 0 fully saturated rings. The van der Waals surface area contributed by atoms with Crippen molar-refractivity contribution in [3.05, 3.63) is 42.5 Å². The predicted molar refractivity (Wildman–Crippen MR) is 128 cm³/mol. The molecule has 0 aliphatic rings. The van der Waals surface area contributed by atoms with Crippen molar-refractivity contribution in [2.24, 2.45) is 0 Å².